The number of fused-ring (bicyclic) bond motifs is 1. The van der Waals surface area contributed by atoms with Gasteiger partial charge >= 0.3 is 0 Å². The summed E-state index contributed by atoms with van der Waals surface area (Å²) in [5.41, 5.74) is 0.657. The van der Waals surface area contributed by atoms with Crippen LogP contribution in [-0.2, 0) is 14.8 Å². The van der Waals surface area contributed by atoms with Gasteiger partial charge in [-0.2, -0.15) is 0 Å². The average molecular weight is 338 g/mol. The van der Waals surface area contributed by atoms with Crippen molar-refractivity contribution in [2.75, 3.05) is 26.3 Å². The van der Waals surface area contributed by atoms with Gasteiger partial charge in [-0.3, -0.25) is 0 Å². The molecule has 1 atom stereocenters. The zero-order valence-corrected chi connectivity index (χ0v) is 13.6. The Morgan fingerprint density at radius 3 is 3.00 bits per heavy atom. The number of hydrogen-bond acceptors (Lipinski definition) is 7. The van der Waals surface area contributed by atoms with Gasteiger partial charge in [-0.25, -0.2) is 17.9 Å². The predicted octanol–water partition coefficient (Wildman–Crippen LogP) is 1.18. The number of sulfonamides is 1. The van der Waals surface area contributed by atoms with E-state index >= 15 is 0 Å². The van der Waals surface area contributed by atoms with Crippen molar-refractivity contribution >= 4 is 33.3 Å². The van der Waals surface area contributed by atoms with E-state index in [2.05, 4.69) is 0 Å². The maximum atomic E-state index is 11.4. The van der Waals surface area contributed by atoms with Crippen molar-refractivity contribution in [1.82, 2.24) is 4.31 Å². The highest BCUT2D eigenvalue weighted by atomic mass is 32.3. The number of hydrogen-bond donors (Lipinski definition) is 2. The van der Waals surface area contributed by atoms with Crippen LogP contribution in [0.25, 0.3) is 0 Å². The van der Waals surface area contributed by atoms with Crippen LogP contribution < -0.4 is 5.14 Å². The first kappa shape index (κ1) is 16.2. The van der Waals surface area contributed by atoms with Crippen molar-refractivity contribution in [2.24, 2.45) is 5.14 Å². The van der Waals surface area contributed by atoms with E-state index in [0.717, 1.165) is 28.5 Å². The molecule has 2 heterocycles. The molecule has 0 aliphatic carbocycles. The number of rotatable bonds is 6. The Labute approximate surface area is 127 Å². The molecule has 1 aromatic rings. The molecule has 0 fully saturated rings. The number of nitrogens with zero attached hydrogens (tertiary/aromatic N) is 1. The van der Waals surface area contributed by atoms with E-state index in [0.29, 0.717) is 25.3 Å². The summed E-state index contributed by atoms with van der Waals surface area (Å²) in [4.78, 5) is 0. The third-order valence-electron chi connectivity index (χ3n) is 2.83. The normalized spacial score (nSPS) is 20.1. The second-order valence-electron chi connectivity index (χ2n) is 4.40. The van der Waals surface area contributed by atoms with E-state index in [-0.39, 0.29) is 4.21 Å². The highest BCUT2D eigenvalue weighted by Gasteiger charge is 2.29. The molecule has 0 spiro atoms. The van der Waals surface area contributed by atoms with E-state index in [1.165, 1.54) is 18.0 Å². The monoisotopic (exact) mass is 338 g/mol. The quantitative estimate of drug-likeness (QED) is 0.598. The van der Waals surface area contributed by atoms with Crippen LogP contribution >= 0.6 is 23.3 Å². The lowest BCUT2D eigenvalue weighted by atomic mass is 10.2. The number of primary sulfonamides is 1. The Hall–Kier alpha value is -0.160. The minimum atomic E-state index is -3.71. The highest BCUT2D eigenvalue weighted by Crippen LogP contribution is 2.43. The smallest absolute Gasteiger partial charge is 0.247 e. The van der Waals surface area contributed by atoms with Crippen LogP contribution in [0.15, 0.2) is 14.5 Å². The number of aliphatic hydroxyl groups excluding tert-OH is 1. The maximum Gasteiger partial charge on any atom is 0.247 e. The predicted molar refractivity (Wildman–Crippen MR) is 79.2 cm³/mol. The Kier molecular flexibility index (Phi) is 5.46. The van der Waals surface area contributed by atoms with E-state index in [1.54, 1.807) is 0 Å². The summed E-state index contributed by atoms with van der Waals surface area (Å²) in [5.74, 6) is 0. The number of thiophene rings is 1. The Balaban J connectivity index is 2.04. The van der Waals surface area contributed by atoms with Crippen LogP contribution in [0.3, 0.4) is 0 Å². The molecule has 0 aromatic carbocycles. The van der Waals surface area contributed by atoms with Gasteiger partial charge < -0.3 is 9.84 Å². The van der Waals surface area contributed by atoms with Crippen molar-refractivity contribution in [3.63, 3.8) is 0 Å². The molecule has 1 unspecified atom stereocenters. The number of aliphatic hydroxyl groups is 1. The molecule has 114 valence electrons. The summed E-state index contributed by atoms with van der Waals surface area (Å²) in [6.45, 7) is 4.59. The lowest BCUT2D eigenvalue weighted by Crippen LogP contribution is -2.27. The fourth-order valence-corrected chi connectivity index (χ4v) is 5.43. The first-order valence-electron chi connectivity index (χ1n) is 6.27. The van der Waals surface area contributed by atoms with Crippen LogP contribution in [0.4, 0.5) is 0 Å². The summed E-state index contributed by atoms with van der Waals surface area (Å²) in [6.07, 6.45) is 0.196. The Bertz CT molecular complexity index is 558. The summed E-state index contributed by atoms with van der Waals surface area (Å²) in [7, 11) is -3.71. The van der Waals surface area contributed by atoms with Crippen LogP contribution in [0.2, 0.25) is 0 Å². The zero-order valence-electron chi connectivity index (χ0n) is 11.1. The third-order valence-corrected chi connectivity index (χ3v) is 6.66. The number of β-amino-alcohol motifs (C(OH)–C–C–N with tert-alkyl or cyclic N) is 1. The van der Waals surface area contributed by atoms with Crippen molar-refractivity contribution in [3.8, 4) is 0 Å². The van der Waals surface area contributed by atoms with E-state index in [9.17, 15) is 13.5 Å². The summed E-state index contributed by atoms with van der Waals surface area (Å²) < 4.78 is 30.9. The number of ether oxygens (including phenoxy) is 1. The van der Waals surface area contributed by atoms with Gasteiger partial charge in [0.05, 0.1) is 10.3 Å². The van der Waals surface area contributed by atoms with Gasteiger partial charge in [-0.05, 0) is 31.4 Å². The fourth-order valence-electron chi connectivity index (χ4n) is 1.88. The molecule has 1 aromatic heterocycles. The average Bonchev–Trinajstić information content (AvgIpc) is 2.79. The molecule has 0 radical (unpaired) electrons. The molecule has 6 nitrogen and oxygen atoms in total. The van der Waals surface area contributed by atoms with Crippen LogP contribution in [0.1, 0.15) is 25.0 Å². The van der Waals surface area contributed by atoms with Gasteiger partial charge in [0, 0.05) is 31.9 Å². The minimum absolute atomic E-state index is 0.102. The van der Waals surface area contributed by atoms with Crippen molar-refractivity contribution in [3.05, 3.63) is 11.6 Å². The number of nitrogens with two attached hydrogens (primary N) is 1. The van der Waals surface area contributed by atoms with E-state index < -0.39 is 16.1 Å². The van der Waals surface area contributed by atoms with Crippen LogP contribution in [-0.4, -0.2) is 44.1 Å². The minimum Gasteiger partial charge on any atom is -0.387 e. The zero-order chi connectivity index (χ0) is 14.8. The van der Waals surface area contributed by atoms with E-state index in [1.807, 2.05) is 11.2 Å². The van der Waals surface area contributed by atoms with Crippen molar-refractivity contribution in [1.29, 1.82) is 0 Å². The molecular weight excluding hydrogens is 320 g/mol. The molecule has 1 aliphatic rings. The van der Waals surface area contributed by atoms with Gasteiger partial charge in [-0.1, -0.05) is 0 Å². The first-order chi connectivity index (χ1) is 9.41. The van der Waals surface area contributed by atoms with Gasteiger partial charge in [-0.15, -0.1) is 11.3 Å². The van der Waals surface area contributed by atoms with Crippen molar-refractivity contribution in [2.45, 2.75) is 27.9 Å². The van der Waals surface area contributed by atoms with Crippen LogP contribution in [0.5, 0.6) is 0 Å². The molecule has 2 rings (SSSR count). The SMILES string of the molecule is CCOCCCN1CC(O)c2cc(S(N)(=O)=O)sc2S1. The summed E-state index contributed by atoms with van der Waals surface area (Å²) >= 11 is 2.58. The Morgan fingerprint density at radius 1 is 1.60 bits per heavy atom. The standard InChI is InChI=1S/C11H18N2O4S3/c1-2-17-5-3-4-13-7-9(14)8-6-10(20(12,15)16)18-11(8)19-13/h6,9,14H,2-5,7H2,1H3,(H2,12,15,16). The second kappa shape index (κ2) is 6.73. The lowest BCUT2D eigenvalue weighted by Gasteiger charge is -2.28. The summed E-state index contributed by atoms with van der Waals surface area (Å²) in [5, 5.41) is 15.2. The van der Waals surface area contributed by atoms with Gasteiger partial charge in [0.15, 0.2) is 0 Å². The molecule has 9 heteroatoms. The molecule has 1 aliphatic heterocycles. The van der Waals surface area contributed by atoms with Gasteiger partial charge in [0.1, 0.15) is 4.21 Å². The largest absolute Gasteiger partial charge is 0.387 e. The fraction of sp³-hybridized carbons (Fsp3) is 0.636. The molecule has 0 saturated carbocycles. The first-order valence-corrected chi connectivity index (χ1v) is 9.40. The second-order valence-corrected chi connectivity index (χ2v) is 8.60. The van der Waals surface area contributed by atoms with Crippen LogP contribution in [0, 0.1) is 0 Å². The van der Waals surface area contributed by atoms with Gasteiger partial charge in [0.2, 0.25) is 10.0 Å². The molecule has 0 amide bonds. The summed E-state index contributed by atoms with van der Waals surface area (Å²) in [6, 6.07) is 1.48. The molecule has 3 N–H and O–H groups in total. The van der Waals surface area contributed by atoms with E-state index in [4.69, 9.17) is 9.88 Å². The maximum absolute atomic E-state index is 11.4. The topological polar surface area (TPSA) is 92.9 Å². The molecule has 0 bridgehead atoms. The van der Waals surface area contributed by atoms with Gasteiger partial charge in [0.25, 0.3) is 0 Å². The highest BCUT2D eigenvalue weighted by molar-refractivity contribution is 7.99. The molecule has 20 heavy (non-hydrogen) atoms. The lowest BCUT2D eigenvalue weighted by molar-refractivity contribution is 0.124. The Morgan fingerprint density at radius 2 is 2.35 bits per heavy atom. The van der Waals surface area contributed by atoms with Crippen molar-refractivity contribution < 1.29 is 18.3 Å². The molecule has 0 saturated heterocycles. The molecular formula is C11H18N2O4S3. The third kappa shape index (κ3) is 3.94.